The Balaban J connectivity index is 1.67. The number of anilines is 2. The third-order valence-corrected chi connectivity index (χ3v) is 5.24. The molecule has 1 unspecified atom stereocenters. The lowest BCUT2D eigenvalue weighted by molar-refractivity contribution is -0.122. The summed E-state index contributed by atoms with van der Waals surface area (Å²) in [6.45, 7) is 2.24. The van der Waals surface area contributed by atoms with Gasteiger partial charge in [0.25, 0.3) is 0 Å². The quantitative estimate of drug-likeness (QED) is 0.788. The highest BCUT2D eigenvalue weighted by Crippen LogP contribution is 2.29. The summed E-state index contributed by atoms with van der Waals surface area (Å²) in [5.41, 5.74) is 2.39. The number of nitriles is 1. The molecule has 0 saturated carbocycles. The largest absolute Gasteiger partial charge is 0.479 e. The van der Waals surface area contributed by atoms with E-state index in [2.05, 4.69) is 21.2 Å². The highest BCUT2D eigenvalue weighted by molar-refractivity contribution is 9.10. The number of halogens is 1. The fraction of sp³-hybridized carbons (Fsp3) is 0.250. The second-order valence-electron chi connectivity index (χ2n) is 6.30. The van der Waals surface area contributed by atoms with E-state index in [0.717, 1.165) is 15.7 Å². The number of aryl methyl sites for hydroxylation is 1. The molecule has 1 heterocycles. The van der Waals surface area contributed by atoms with Crippen LogP contribution in [0.4, 0.5) is 11.4 Å². The Kier molecular flexibility index (Phi) is 5.77. The average Bonchev–Trinajstić information content (AvgIpc) is 3.04. The van der Waals surface area contributed by atoms with Crippen LogP contribution in [0.5, 0.6) is 5.75 Å². The molecule has 138 valence electrons. The van der Waals surface area contributed by atoms with Gasteiger partial charge in [0.05, 0.1) is 5.92 Å². The Bertz CT molecular complexity index is 923. The second-order valence-corrected chi connectivity index (χ2v) is 7.16. The first-order chi connectivity index (χ1) is 13.0. The second kappa shape index (κ2) is 8.23. The molecule has 0 aromatic heterocycles. The van der Waals surface area contributed by atoms with Crippen LogP contribution in [0.1, 0.15) is 12.0 Å². The first kappa shape index (κ1) is 18.9. The van der Waals surface area contributed by atoms with Crippen molar-refractivity contribution < 1.29 is 14.3 Å². The van der Waals surface area contributed by atoms with Gasteiger partial charge in [-0.3, -0.25) is 9.59 Å². The number of nitrogens with one attached hydrogen (secondary N) is 1. The van der Waals surface area contributed by atoms with E-state index < -0.39 is 5.92 Å². The average molecular weight is 428 g/mol. The number of carbonyl (C=O) groups excluding carboxylic acids is 2. The zero-order chi connectivity index (χ0) is 19.4. The minimum absolute atomic E-state index is 0.0594. The summed E-state index contributed by atoms with van der Waals surface area (Å²) in [4.78, 5) is 26.6. The van der Waals surface area contributed by atoms with Crippen molar-refractivity contribution in [2.24, 2.45) is 5.92 Å². The summed E-state index contributed by atoms with van der Waals surface area (Å²) < 4.78 is 6.21. The summed E-state index contributed by atoms with van der Waals surface area (Å²) in [6.07, 6.45) is 0.172. The van der Waals surface area contributed by atoms with Crippen LogP contribution in [0.15, 0.2) is 46.9 Å². The van der Waals surface area contributed by atoms with Gasteiger partial charge in [0.15, 0.2) is 6.61 Å². The van der Waals surface area contributed by atoms with Crippen LogP contribution >= 0.6 is 15.9 Å². The molecule has 1 fully saturated rings. The van der Waals surface area contributed by atoms with Crippen molar-refractivity contribution in [3.8, 4) is 11.8 Å². The number of rotatable bonds is 5. The Labute approximate surface area is 165 Å². The van der Waals surface area contributed by atoms with Gasteiger partial charge in [-0.15, -0.1) is 0 Å². The Morgan fingerprint density at radius 2 is 2.19 bits per heavy atom. The van der Waals surface area contributed by atoms with Crippen molar-refractivity contribution in [3.63, 3.8) is 0 Å². The lowest BCUT2D eigenvalue weighted by Gasteiger charge is -2.18. The maximum atomic E-state index is 12.6. The maximum Gasteiger partial charge on any atom is 0.229 e. The van der Waals surface area contributed by atoms with E-state index in [1.165, 1.54) is 0 Å². The highest BCUT2D eigenvalue weighted by Gasteiger charge is 2.35. The first-order valence-corrected chi connectivity index (χ1v) is 9.24. The molecule has 0 spiro atoms. The van der Waals surface area contributed by atoms with Gasteiger partial charge in [-0.2, -0.15) is 5.26 Å². The van der Waals surface area contributed by atoms with Crippen LogP contribution in [0.25, 0.3) is 0 Å². The molecular weight excluding hydrogens is 410 g/mol. The predicted molar refractivity (Wildman–Crippen MR) is 106 cm³/mol. The lowest BCUT2D eigenvalue weighted by Crippen LogP contribution is -2.28. The van der Waals surface area contributed by atoms with Crippen LogP contribution < -0.4 is 15.0 Å². The van der Waals surface area contributed by atoms with E-state index >= 15 is 0 Å². The van der Waals surface area contributed by atoms with Gasteiger partial charge >= 0.3 is 0 Å². The fourth-order valence-corrected chi connectivity index (χ4v) is 3.20. The van der Waals surface area contributed by atoms with Crippen LogP contribution in [0.2, 0.25) is 0 Å². The number of amides is 2. The molecule has 0 radical (unpaired) electrons. The van der Waals surface area contributed by atoms with E-state index in [4.69, 9.17) is 10.00 Å². The summed E-state index contributed by atoms with van der Waals surface area (Å²) in [5.74, 6) is -0.200. The molecule has 3 rings (SSSR count). The van der Waals surface area contributed by atoms with Gasteiger partial charge in [0.2, 0.25) is 11.8 Å². The molecule has 2 aromatic rings. The molecule has 0 bridgehead atoms. The minimum atomic E-state index is -0.426. The lowest BCUT2D eigenvalue weighted by atomic mass is 10.1. The van der Waals surface area contributed by atoms with Gasteiger partial charge in [0.1, 0.15) is 11.8 Å². The molecule has 6 nitrogen and oxygen atoms in total. The standard InChI is InChI=1S/C20H18BrN3O3/c1-13-9-16(5-6-18(13)21)24-12-14(10-19(24)25)20(26)23-15-3-2-4-17(11-15)27-8-7-22/h2-6,9,11,14H,8,10,12H2,1H3,(H,23,26). The molecule has 0 aliphatic carbocycles. The van der Waals surface area contributed by atoms with Crippen molar-refractivity contribution in [2.45, 2.75) is 13.3 Å². The Morgan fingerprint density at radius 3 is 2.93 bits per heavy atom. The maximum absolute atomic E-state index is 12.6. The summed E-state index contributed by atoms with van der Waals surface area (Å²) in [6, 6.07) is 14.4. The first-order valence-electron chi connectivity index (χ1n) is 8.45. The Morgan fingerprint density at radius 1 is 1.37 bits per heavy atom. The van der Waals surface area contributed by atoms with Crippen molar-refractivity contribution in [3.05, 3.63) is 52.5 Å². The topological polar surface area (TPSA) is 82.4 Å². The monoisotopic (exact) mass is 427 g/mol. The van der Waals surface area contributed by atoms with Gasteiger partial charge in [-0.25, -0.2) is 0 Å². The minimum Gasteiger partial charge on any atom is -0.479 e. The van der Waals surface area contributed by atoms with Crippen molar-refractivity contribution in [1.82, 2.24) is 0 Å². The molecule has 27 heavy (non-hydrogen) atoms. The summed E-state index contributed by atoms with van der Waals surface area (Å²) in [5, 5.41) is 11.4. The van der Waals surface area contributed by atoms with E-state index in [-0.39, 0.29) is 24.8 Å². The van der Waals surface area contributed by atoms with E-state index in [9.17, 15) is 9.59 Å². The van der Waals surface area contributed by atoms with Gasteiger partial charge in [-0.1, -0.05) is 22.0 Å². The van der Waals surface area contributed by atoms with Gasteiger partial charge < -0.3 is 15.0 Å². The third kappa shape index (κ3) is 4.47. The summed E-state index contributed by atoms with van der Waals surface area (Å²) >= 11 is 3.45. The molecule has 1 N–H and O–H groups in total. The number of benzene rings is 2. The molecule has 1 aliphatic heterocycles. The number of nitrogens with zero attached hydrogens (tertiary/aromatic N) is 2. The SMILES string of the molecule is Cc1cc(N2CC(C(=O)Nc3cccc(OCC#N)c3)CC2=O)ccc1Br. The van der Waals surface area contributed by atoms with Crippen LogP contribution in [-0.2, 0) is 9.59 Å². The van der Waals surface area contributed by atoms with E-state index in [0.29, 0.717) is 18.0 Å². The molecule has 1 aliphatic rings. The number of hydrogen-bond donors (Lipinski definition) is 1. The van der Waals surface area contributed by atoms with Crippen molar-refractivity contribution >= 4 is 39.1 Å². The Hall–Kier alpha value is -2.85. The molecule has 2 aromatic carbocycles. The van der Waals surface area contributed by atoms with E-state index in [1.807, 2.05) is 31.2 Å². The number of carbonyl (C=O) groups is 2. The molecular formula is C20H18BrN3O3. The number of ether oxygens (including phenoxy) is 1. The predicted octanol–water partition coefficient (Wildman–Crippen LogP) is 3.65. The fourth-order valence-electron chi connectivity index (χ4n) is 2.95. The third-order valence-electron chi connectivity index (χ3n) is 4.35. The van der Waals surface area contributed by atoms with Crippen molar-refractivity contribution in [2.75, 3.05) is 23.4 Å². The molecule has 7 heteroatoms. The zero-order valence-electron chi connectivity index (χ0n) is 14.7. The normalized spacial score (nSPS) is 16.1. The summed E-state index contributed by atoms with van der Waals surface area (Å²) in [7, 11) is 0. The molecule has 1 saturated heterocycles. The van der Waals surface area contributed by atoms with Crippen LogP contribution in [0, 0.1) is 24.2 Å². The van der Waals surface area contributed by atoms with Gasteiger partial charge in [-0.05, 0) is 42.8 Å². The molecule has 2 amide bonds. The number of hydrogen-bond acceptors (Lipinski definition) is 4. The zero-order valence-corrected chi connectivity index (χ0v) is 16.3. The highest BCUT2D eigenvalue weighted by atomic mass is 79.9. The van der Waals surface area contributed by atoms with Gasteiger partial charge in [0, 0.05) is 34.9 Å². The van der Waals surface area contributed by atoms with Crippen LogP contribution in [0.3, 0.4) is 0 Å². The smallest absolute Gasteiger partial charge is 0.229 e. The van der Waals surface area contributed by atoms with Crippen molar-refractivity contribution in [1.29, 1.82) is 5.26 Å². The van der Waals surface area contributed by atoms with E-state index in [1.54, 1.807) is 29.2 Å². The molecule has 1 atom stereocenters. The van der Waals surface area contributed by atoms with Crippen LogP contribution in [-0.4, -0.2) is 25.0 Å².